The summed E-state index contributed by atoms with van der Waals surface area (Å²) in [5, 5.41) is 16.8. The van der Waals surface area contributed by atoms with Gasteiger partial charge in [0.1, 0.15) is 0 Å². The van der Waals surface area contributed by atoms with Crippen LogP contribution in [-0.4, -0.2) is 64.6 Å². The number of aliphatic hydroxyl groups is 1. The predicted octanol–water partition coefficient (Wildman–Crippen LogP) is 4.12. The number of rotatable bonds is 7. The molecule has 2 heterocycles. The highest BCUT2D eigenvalue weighted by atomic mass is 16.7. The highest BCUT2D eigenvalue weighted by molar-refractivity contribution is 5.96. The van der Waals surface area contributed by atoms with Crippen LogP contribution in [0.15, 0.2) is 77.2 Å². The first-order chi connectivity index (χ1) is 17.3. The molecule has 0 aromatic heterocycles. The van der Waals surface area contributed by atoms with Crippen molar-refractivity contribution in [2.45, 2.75) is 51.8 Å². The second-order valence-electron chi connectivity index (χ2n) is 9.74. The van der Waals surface area contributed by atoms with Gasteiger partial charge in [0, 0.05) is 18.5 Å². The van der Waals surface area contributed by atoms with Gasteiger partial charge in [0.25, 0.3) is 5.91 Å². The fraction of sp³-hybridized carbons (Fsp3) is 0.393. The topological polar surface area (TPSA) is 91.7 Å². The van der Waals surface area contributed by atoms with E-state index in [0.717, 1.165) is 11.1 Å². The van der Waals surface area contributed by atoms with Crippen molar-refractivity contribution in [2.24, 2.45) is 11.0 Å². The number of benzene rings is 2. The number of nitrogens with zero attached hydrogens (tertiary/aromatic N) is 3. The number of fused-ring (bicyclic) bond motifs is 1. The summed E-state index contributed by atoms with van der Waals surface area (Å²) in [5.41, 5.74) is 2.17. The van der Waals surface area contributed by atoms with Crippen molar-refractivity contribution < 1.29 is 24.2 Å². The maximum Gasteiger partial charge on any atom is 0.513 e. The van der Waals surface area contributed by atoms with E-state index in [-0.39, 0.29) is 47.9 Å². The van der Waals surface area contributed by atoms with E-state index < -0.39 is 12.3 Å². The fourth-order valence-electron chi connectivity index (χ4n) is 4.58. The zero-order valence-electron chi connectivity index (χ0n) is 21.1. The number of aliphatic hydroxyl groups excluding tert-OH is 1. The molecule has 8 heteroatoms. The quantitative estimate of drug-likeness (QED) is 0.586. The molecule has 1 N–H and O–H groups in total. The molecule has 4 rings (SSSR count). The molecule has 0 aliphatic carbocycles. The summed E-state index contributed by atoms with van der Waals surface area (Å²) in [5.74, 6) is -0.569. The molecule has 1 fully saturated rings. The van der Waals surface area contributed by atoms with Gasteiger partial charge in [-0.1, -0.05) is 74.5 Å². The first-order valence-corrected chi connectivity index (χ1v) is 12.3. The number of carbonyl (C=O) groups excluding carboxylic acids is 2. The van der Waals surface area contributed by atoms with Crippen LogP contribution in [0.25, 0.3) is 0 Å². The smallest absolute Gasteiger partial charge is 0.434 e. The Bertz CT molecular complexity index is 1090. The number of hydrazone groups is 1. The summed E-state index contributed by atoms with van der Waals surface area (Å²) >= 11 is 0. The van der Waals surface area contributed by atoms with Gasteiger partial charge < -0.3 is 19.5 Å². The number of hydrogen-bond acceptors (Lipinski definition) is 7. The summed E-state index contributed by atoms with van der Waals surface area (Å²) in [7, 11) is 0. The molecule has 8 nitrogen and oxygen atoms in total. The average Bonchev–Trinajstić information content (AvgIpc) is 2.86. The third-order valence-electron chi connectivity index (χ3n) is 6.28. The fourth-order valence-corrected chi connectivity index (χ4v) is 4.58. The van der Waals surface area contributed by atoms with Crippen molar-refractivity contribution in [2.75, 3.05) is 13.2 Å². The van der Waals surface area contributed by atoms with E-state index in [4.69, 9.17) is 9.47 Å². The Balaban J connectivity index is 1.81. The van der Waals surface area contributed by atoms with Crippen LogP contribution in [0.4, 0.5) is 4.79 Å². The van der Waals surface area contributed by atoms with Gasteiger partial charge in [0.2, 0.25) is 0 Å². The first kappa shape index (κ1) is 25.4. The molecular weight excluding hydrogens is 458 g/mol. The molecule has 2 aliphatic rings. The second-order valence-corrected chi connectivity index (χ2v) is 9.74. The van der Waals surface area contributed by atoms with E-state index in [1.165, 1.54) is 6.21 Å². The van der Waals surface area contributed by atoms with Crippen molar-refractivity contribution >= 4 is 18.3 Å². The minimum absolute atomic E-state index is 0.0494. The first-order valence-electron chi connectivity index (χ1n) is 12.3. The van der Waals surface area contributed by atoms with Crippen molar-refractivity contribution in [3.05, 3.63) is 83.2 Å². The molecule has 1 amide bonds. The Labute approximate surface area is 211 Å². The molecule has 0 saturated carbocycles. The summed E-state index contributed by atoms with van der Waals surface area (Å²) in [6.45, 7) is 8.24. The SMILES string of the molecule is CC(C)COC(=O)OC1=C2C(=O)N(C(C)C)CC(C(c3ccccc3)c3ccccc3)N2N=CC1O. The lowest BCUT2D eigenvalue weighted by Crippen LogP contribution is -2.58. The third-order valence-corrected chi connectivity index (χ3v) is 6.28. The third kappa shape index (κ3) is 5.28. The van der Waals surface area contributed by atoms with E-state index >= 15 is 0 Å². The van der Waals surface area contributed by atoms with E-state index in [0.29, 0.717) is 6.54 Å². The predicted molar refractivity (Wildman–Crippen MR) is 136 cm³/mol. The normalized spacial score (nSPS) is 19.8. The molecule has 0 bridgehead atoms. The highest BCUT2D eigenvalue weighted by Gasteiger charge is 2.46. The molecule has 0 spiro atoms. The molecule has 36 heavy (non-hydrogen) atoms. The Morgan fingerprint density at radius 1 is 1.03 bits per heavy atom. The van der Waals surface area contributed by atoms with Crippen LogP contribution < -0.4 is 0 Å². The minimum atomic E-state index is -1.36. The van der Waals surface area contributed by atoms with Crippen LogP contribution in [0.1, 0.15) is 44.7 Å². The van der Waals surface area contributed by atoms with Crippen LogP contribution in [0.3, 0.4) is 0 Å². The zero-order valence-corrected chi connectivity index (χ0v) is 21.1. The summed E-state index contributed by atoms with van der Waals surface area (Å²) in [6, 6.07) is 19.6. The van der Waals surface area contributed by atoms with E-state index in [2.05, 4.69) is 29.4 Å². The van der Waals surface area contributed by atoms with Gasteiger partial charge in [-0.3, -0.25) is 9.80 Å². The van der Waals surface area contributed by atoms with Gasteiger partial charge in [-0.25, -0.2) is 4.79 Å². The van der Waals surface area contributed by atoms with Gasteiger partial charge in [0.15, 0.2) is 17.6 Å². The summed E-state index contributed by atoms with van der Waals surface area (Å²) in [6.07, 6.45) is -1.03. The van der Waals surface area contributed by atoms with Gasteiger partial charge in [-0.15, -0.1) is 0 Å². The second kappa shape index (κ2) is 11.0. The molecular formula is C28H33N3O5. The van der Waals surface area contributed by atoms with Gasteiger partial charge in [0.05, 0.1) is 18.9 Å². The number of piperazine rings is 1. The van der Waals surface area contributed by atoms with Crippen molar-refractivity contribution in [1.29, 1.82) is 0 Å². The van der Waals surface area contributed by atoms with Crippen molar-refractivity contribution in [3.63, 3.8) is 0 Å². The Morgan fingerprint density at radius 3 is 2.14 bits per heavy atom. The number of hydrogen-bond donors (Lipinski definition) is 1. The van der Waals surface area contributed by atoms with Crippen LogP contribution in [0, 0.1) is 5.92 Å². The lowest BCUT2D eigenvalue weighted by Gasteiger charge is -2.47. The number of ether oxygens (including phenoxy) is 2. The highest BCUT2D eigenvalue weighted by Crippen LogP contribution is 2.39. The lowest BCUT2D eigenvalue weighted by atomic mass is 9.83. The van der Waals surface area contributed by atoms with Gasteiger partial charge in [-0.05, 0) is 30.9 Å². The largest absolute Gasteiger partial charge is 0.513 e. The zero-order chi connectivity index (χ0) is 25.8. The molecule has 2 atom stereocenters. The summed E-state index contributed by atoms with van der Waals surface area (Å²) in [4.78, 5) is 27.8. The molecule has 2 unspecified atom stereocenters. The maximum atomic E-state index is 13.7. The number of amides is 1. The molecule has 1 saturated heterocycles. The van der Waals surface area contributed by atoms with Crippen LogP contribution >= 0.6 is 0 Å². The van der Waals surface area contributed by atoms with Crippen LogP contribution in [-0.2, 0) is 14.3 Å². The Hall–Kier alpha value is -3.65. The monoisotopic (exact) mass is 491 g/mol. The standard InChI is InChI=1S/C28H33N3O5/c1-18(2)17-35-28(34)36-26-23(32)15-29-31-22(16-30(19(3)4)27(33)25(26)31)24(20-11-7-5-8-12-20)21-13-9-6-10-14-21/h5-15,18-19,22-24,32H,16-17H2,1-4H3. The van der Waals surface area contributed by atoms with Crippen LogP contribution in [0.2, 0.25) is 0 Å². The van der Waals surface area contributed by atoms with E-state index in [1.807, 2.05) is 64.1 Å². The Morgan fingerprint density at radius 2 is 1.61 bits per heavy atom. The molecule has 2 aromatic rings. The summed E-state index contributed by atoms with van der Waals surface area (Å²) < 4.78 is 10.6. The van der Waals surface area contributed by atoms with Crippen LogP contribution in [0.5, 0.6) is 0 Å². The average molecular weight is 492 g/mol. The molecule has 2 aliphatic heterocycles. The minimum Gasteiger partial charge on any atom is -0.434 e. The molecule has 190 valence electrons. The van der Waals surface area contributed by atoms with Gasteiger partial charge >= 0.3 is 6.16 Å². The number of carbonyl (C=O) groups is 2. The molecule has 0 radical (unpaired) electrons. The van der Waals surface area contributed by atoms with Crippen molar-refractivity contribution in [1.82, 2.24) is 9.91 Å². The van der Waals surface area contributed by atoms with Gasteiger partial charge in [-0.2, -0.15) is 5.10 Å². The van der Waals surface area contributed by atoms with E-state index in [1.54, 1.807) is 9.91 Å². The van der Waals surface area contributed by atoms with E-state index in [9.17, 15) is 14.7 Å². The van der Waals surface area contributed by atoms with Crippen molar-refractivity contribution in [3.8, 4) is 0 Å². The maximum absolute atomic E-state index is 13.7. The molecule has 2 aromatic carbocycles. The lowest BCUT2D eigenvalue weighted by molar-refractivity contribution is -0.136. The Kier molecular flexibility index (Phi) is 7.74.